The van der Waals surface area contributed by atoms with Crippen molar-refractivity contribution in [2.75, 3.05) is 13.1 Å². The summed E-state index contributed by atoms with van der Waals surface area (Å²) in [5.74, 6) is 0.751. The van der Waals surface area contributed by atoms with Gasteiger partial charge in [0.25, 0.3) is 0 Å². The third kappa shape index (κ3) is 2.34. The van der Waals surface area contributed by atoms with Gasteiger partial charge in [0.05, 0.1) is 6.54 Å². The van der Waals surface area contributed by atoms with Gasteiger partial charge in [0.1, 0.15) is 12.1 Å². The molecule has 4 heteroatoms. The van der Waals surface area contributed by atoms with Gasteiger partial charge in [-0.25, -0.2) is 0 Å². The van der Waals surface area contributed by atoms with E-state index in [1.165, 1.54) is 11.8 Å². The van der Waals surface area contributed by atoms with Gasteiger partial charge >= 0.3 is 0 Å². The van der Waals surface area contributed by atoms with Crippen molar-refractivity contribution >= 4 is 12.1 Å². The largest absolute Gasteiger partial charge is 0.411 e. The number of oxime groups is 1. The summed E-state index contributed by atoms with van der Waals surface area (Å²) in [6.07, 6.45) is 1.38. The minimum atomic E-state index is 0.751. The second-order valence-electron chi connectivity index (χ2n) is 3.39. The standard InChI is InChI=1S/C11H13N3O/c15-13-8-11-12-6-7-14(11)9-10-4-2-1-3-5-10/h1-5,8,15H,6-7,9H2/b13-8-. The van der Waals surface area contributed by atoms with E-state index in [4.69, 9.17) is 5.21 Å². The first kappa shape index (κ1) is 9.71. The Hall–Kier alpha value is -1.84. The molecule has 0 unspecified atom stereocenters. The maximum absolute atomic E-state index is 8.47. The second-order valence-corrected chi connectivity index (χ2v) is 3.39. The zero-order valence-electron chi connectivity index (χ0n) is 8.37. The van der Waals surface area contributed by atoms with Crippen LogP contribution in [0.25, 0.3) is 0 Å². The zero-order chi connectivity index (χ0) is 10.5. The molecule has 1 aliphatic heterocycles. The quantitative estimate of drug-likeness (QED) is 0.458. The molecule has 0 fully saturated rings. The third-order valence-corrected chi connectivity index (χ3v) is 2.36. The smallest absolute Gasteiger partial charge is 0.146 e. The molecule has 0 spiro atoms. The molecular weight excluding hydrogens is 190 g/mol. The van der Waals surface area contributed by atoms with Crippen molar-refractivity contribution in [3.8, 4) is 0 Å². The summed E-state index contributed by atoms with van der Waals surface area (Å²) in [6, 6.07) is 10.2. The lowest BCUT2D eigenvalue weighted by Crippen LogP contribution is -2.28. The molecule has 0 atom stereocenters. The van der Waals surface area contributed by atoms with Crippen LogP contribution in [0.3, 0.4) is 0 Å². The monoisotopic (exact) mass is 203 g/mol. The zero-order valence-corrected chi connectivity index (χ0v) is 8.37. The highest BCUT2D eigenvalue weighted by atomic mass is 16.4. The van der Waals surface area contributed by atoms with Crippen LogP contribution in [0.1, 0.15) is 5.56 Å². The van der Waals surface area contributed by atoms with Crippen LogP contribution in [-0.4, -0.2) is 35.2 Å². The Morgan fingerprint density at radius 1 is 1.40 bits per heavy atom. The van der Waals surface area contributed by atoms with E-state index in [0.717, 1.165) is 25.5 Å². The molecule has 2 rings (SSSR count). The Morgan fingerprint density at radius 2 is 2.20 bits per heavy atom. The van der Waals surface area contributed by atoms with Crippen LogP contribution in [0.4, 0.5) is 0 Å². The fourth-order valence-corrected chi connectivity index (χ4v) is 1.64. The molecule has 1 heterocycles. The Labute approximate surface area is 88.5 Å². The van der Waals surface area contributed by atoms with Gasteiger partial charge in [-0.15, -0.1) is 0 Å². The first-order valence-electron chi connectivity index (χ1n) is 4.91. The van der Waals surface area contributed by atoms with Crippen LogP contribution in [0.2, 0.25) is 0 Å². The Balaban J connectivity index is 2.04. The minimum absolute atomic E-state index is 0.751. The molecule has 0 bridgehead atoms. The maximum atomic E-state index is 8.47. The molecular formula is C11H13N3O. The SMILES string of the molecule is O/N=C\C1=NCCN1Cc1ccccc1. The van der Waals surface area contributed by atoms with E-state index < -0.39 is 0 Å². The summed E-state index contributed by atoms with van der Waals surface area (Å²) < 4.78 is 0. The summed E-state index contributed by atoms with van der Waals surface area (Å²) in [4.78, 5) is 6.33. The van der Waals surface area contributed by atoms with Crippen molar-refractivity contribution in [2.24, 2.45) is 10.1 Å². The third-order valence-electron chi connectivity index (χ3n) is 2.36. The van der Waals surface area contributed by atoms with Crippen molar-refractivity contribution in [3.05, 3.63) is 35.9 Å². The molecule has 0 saturated heterocycles. The topological polar surface area (TPSA) is 48.2 Å². The minimum Gasteiger partial charge on any atom is -0.411 e. The molecule has 15 heavy (non-hydrogen) atoms. The highest BCUT2D eigenvalue weighted by Gasteiger charge is 2.14. The molecule has 1 aliphatic rings. The molecule has 78 valence electrons. The number of nitrogens with zero attached hydrogens (tertiary/aromatic N) is 3. The van der Waals surface area contributed by atoms with Crippen LogP contribution in [0.5, 0.6) is 0 Å². The molecule has 1 aromatic rings. The summed E-state index contributed by atoms with van der Waals surface area (Å²) >= 11 is 0. The summed E-state index contributed by atoms with van der Waals surface area (Å²) in [6.45, 7) is 2.47. The molecule has 0 radical (unpaired) electrons. The molecule has 4 nitrogen and oxygen atoms in total. The molecule has 1 aromatic carbocycles. The number of hydrogen-bond donors (Lipinski definition) is 1. The lowest BCUT2D eigenvalue weighted by atomic mass is 10.2. The van der Waals surface area contributed by atoms with Crippen molar-refractivity contribution < 1.29 is 5.21 Å². The summed E-state index contributed by atoms with van der Waals surface area (Å²) in [5, 5.41) is 11.5. The van der Waals surface area contributed by atoms with E-state index in [-0.39, 0.29) is 0 Å². The highest BCUT2D eigenvalue weighted by Crippen LogP contribution is 2.08. The van der Waals surface area contributed by atoms with Crippen LogP contribution in [-0.2, 0) is 6.54 Å². The van der Waals surface area contributed by atoms with Crippen molar-refractivity contribution in [1.29, 1.82) is 0 Å². The van der Waals surface area contributed by atoms with Crippen LogP contribution in [0.15, 0.2) is 40.5 Å². The Bertz CT molecular complexity index is 373. The van der Waals surface area contributed by atoms with E-state index in [0.29, 0.717) is 0 Å². The molecule has 0 aliphatic carbocycles. The van der Waals surface area contributed by atoms with Crippen LogP contribution >= 0.6 is 0 Å². The fourth-order valence-electron chi connectivity index (χ4n) is 1.64. The molecule has 0 aromatic heterocycles. The molecule has 0 saturated carbocycles. The summed E-state index contributed by atoms with van der Waals surface area (Å²) in [5.41, 5.74) is 1.23. The van der Waals surface area contributed by atoms with Crippen molar-refractivity contribution in [2.45, 2.75) is 6.54 Å². The first-order valence-corrected chi connectivity index (χ1v) is 4.91. The first-order chi connectivity index (χ1) is 7.40. The van der Waals surface area contributed by atoms with E-state index in [1.807, 2.05) is 18.2 Å². The van der Waals surface area contributed by atoms with Crippen LogP contribution < -0.4 is 0 Å². The van der Waals surface area contributed by atoms with Gasteiger partial charge in [0, 0.05) is 13.1 Å². The van der Waals surface area contributed by atoms with Gasteiger partial charge in [-0.05, 0) is 5.56 Å². The highest BCUT2D eigenvalue weighted by molar-refractivity contribution is 6.29. The van der Waals surface area contributed by atoms with Gasteiger partial charge in [-0.2, -0.15) is 0 Å². The predicted octanol–water partition coefficient (Wildman–Crippen LogP) is 1.36. The number of aliphatic imine (C=N–C) groups is 1. The average Bonchev–Trinajstić information content (AvgIpc) is 2.68. The lowest BCUT2D eigenvalue weighted by molar-refractivity contribution is 0.321. The number of benzene rings is 1. The van der Waals surface area contributed by atoms with Gasteiger partial charge in [0.2, 0.25) is 0 Å². The second kappa shape index (κ2) is 4.59. The normalized spacial score (nSPS) is 16.0. The van der Waals surface area contributed by atoms with E-state index in [2.05, 4.69) is 27.2 Å². The maximum Gasteiger partial charge on any atom is 0.146 e. The number of amidine groups is 1. The Morgan fingerprint density at radius 3 is 2.93 bits per heavy atom. The van der Waals surface area contributed by atoms with Gasteiger partial charge in [0.15, 0.2) is 0 Å². The van der Waals surface area contributed by atoms with Gasteiger partial charge in [-0.1, -0.05) is 35.5 Å². The predicted molar refractivity (Wildman–Crippen MR) is 59.4 cm³/mol. The van der Waals surface area contributed by atoms with Crippen molar-refractivity contribution in [1.82, 2.24) is 4.90 Å². The number of hydrogen-bond acceptors (Lipinski definition) is 4. The number of rotatable bonds is 3. The molecule has 1 N–H and O–H groups in total. The lowest BCUT2D eigenvalue weighted by Gasteiger charge is -2.17. The van der Waals surface area contributed by atoms with E-state index in [9.17, 15) is 0 Å². The fraction of sp³-hybridized carbons (Fsp3) is 0.273. The van der Waals surface area contributed by atoms with Crippen LogP contribution in [0, 0.1) is 0 Å². The summed E-state index contributed by atoms with van der Waals surface area (Å²) in [7, 11) is 0. The van der Waals surface area contributed by atoms with Crippen molar-refractivity contribution in [3.63, 3.8) is 0 Å². The molecule has 0 amide bonds. The van der Waals surface area contributed by atoms with E-state index in [1.54, 1.807) is 0 Å². The average molecular weight is 203 g/mol. The van der Waals surface area contributed by atoms with E-state index >= 15 is 0 Å². The van der Waals surface area contributed by atoms with Gasteiger partial charge < -0.3 is 10.1 Å². The Kier molecular flexibility index (Phi) is 2.97. The van der Waals surface area contributed by atoms with Gasteiger partial charge in [-0.3, -0.25) is 4.99 Å².